The number of hydrogen-bond acceptors (Lipinski definition) is 3. The summed E-state index contributed by atoms with van der Waals surface area (Å²) in [4.78, 5) is 2.35. The molecular formula is C13H20FN3. The van der Waals surface area contributed by atoms with Gasteiger partial charge in [0.25, 0.3) is 0 Å². The van der Waals surface area contributed by atoms with E-state index in [1.165, 1.54) is 18.9 Å². The number of anilines is 2. The monoisotopic (exact) mass is 237 g/mol. The Bertz CT molecular complexity index is 402. The molecular weight excluding hydrogens is 217 g/mol. The smallest absolute Gasteiger partial charge is 0.128 e. The van der Waals surface area contributed by atoms with Gasteiger partial charge in [-0.25, -0.2) is 4.39 Å². The van der Waals surface area contributed by atoms with Gasteiger partial charge in [-0.3, -0.25) is 0 Å². The maximum Gasteiger partial charge on any atom is 0.128 e. The lowest BCUT2D eigenvalue weighted by atomic mass is 10.2. The molecule has 0 spiro atoms. The van der Waals surface area contributed by atoms with Crippen LogP contribution in [0.2, 0.25) is 0 Å². The third-order valence-electron chi connectivity index (χ3n) is 3.28. The Morgan fingerprint density at radius 3 is 2.82 bits per heavy atom. The molecule has 0 heterocycles. The molecule has 1 aliphatic carbocycles. The van der Waals surface area contributed by atoms with E-state index in [1.807, 2.05) is 0 Å². The van der Waals surface area contributed by atoms with Crippen LogP contribution >= 0.6 is 0 Å². The molecule has 3 N–H and O–H groups in total. The zero-order chi connectivity index (χ0) is 12.4. The van der Waals surface area contributed by atoms with Crippen molar-refractivity contribution in [2.24, 2.45) is 0 Å². The second kappa shape index (κ2) is 4.92. The van der Waals surface area contributed by atoms with Gasteiger partial charge in [0.1, 0.15) is 5.82 Å². The maximum absolute atomic E-state index is 13.2. The fourth-order valence-corrected chi connectivity index (χ4v) is 1.91. The quantitative estimate of drug-likeness (QED) is 0.772. The van der Waals surface area contributed by atoms with Gasteiger partial charge >= 0.3 is 0 Å². The predicted octanol–water partition coefficient (Wildman–Crippen LogP) is 2.22. The summed E-state index contributed by atoms with van der Waals surface area (Å²) < 4.78 is 13.2. The minimum absolute atomic E-state index is 0.247. The van der Waals surface area contributed by atoms with Crippen molar-refractivity contribution in [2.45, 2.75) is 25.8 Å². The standard InChI is InChI=1S/C13H20FN3/c1-9-7-13(12(15)8-11(9)14)16-5-6-17(2)10-3-4-10/h7-8,10,16H,3-6,15H2,1-2H3. The summed E-state index contributed by atoms with van der Waals surface area (Å²) in [5.41, 5.74) is 7.69. The summed E-state index contributed by atoms with van der Waals surface area (Å²) in [7, 11) is 2.14. The van der Waals surface area contributed by atoms with Crippen LogP contribution in [0, 0.1) is 12.7 Å². The average molecular weight is 237 g/mol. The van der Waals surface area contributed by atoms with E-state index in [2.05, 4.69) is 17.3 Å². The van der Waals surface area contributed by atoms with Crippen LogP contribution in [0.1, 0.15) is 18.4 Å². The van der Waals surface area contributed by atoms with Gasteiger partial charge in [-0.1, -0.05) is 0 Å². The first-order chi connectivity index (χ1) is 8.08. The molecule has 1 fully saturated rings. The first-order valence-electron chi connectivity index (χ1n) is 6.07. The van der Waals surface area contributed by atoms with Crippen LogP contribution in [0.3, 0.4) is 0 Å². The molecule has 0 aliphatic heterocycles. The van der Waals surface area contributed by atoms with Crippen molar-refractivity contribution in [2.75, 3.05) is 31.2 Å². The SMILES string of the molecule is Cc1cc(NCCN(C)C2CC2)c(N)cc1F. The molecule has 1 saturated carbocycles. The predicted molar refractivity (Wildman–Crippen MR) is 69.7 cm³/mol. The number of nitrogens with one attached hydrogen (secondary N) is 1. The second-order valence-electron chi connectivity index (χ2n) is 4.83. The van der Waals surface area contributed by atoms with Crippen molar-refractivity contribution in [1.29, 1.82) is 0 Å². The summed E-state index contributed by atoms with van der Waals surface area (Å²) >= 11 is 0. The molecule has 1 aromatic carbocycles. The van der Waals surface area contributed by atoms with Crippen molar-refractivity contribution >= 4 is 11.4 Å². The number of nitrogens with two attached hydrogens (primary N) is 1. The zero-order valence-corrected chi connectivity index (χ0v) is 10.5. The zero-order valence-electron chi connectivity index (χ0n) is 10.5. The van der Waals surface area contributed by atoms with Crippen molar-refractivity contribution in [1.82, 2.24) is 4.90 Å². The number of nitrogens with zero attached hydrogens (tertiary/aromatic N) is 1. The normalized spacial score (nSPS) is 15.3. The summed E-state index contributed by atoms with van der Waals surface area (Å²) in [5, 5.41) is 3.26. The Hall–Kier alpha value is -1.29. The van der Waals surface area contributed by atoms with Gasteiger partial charge in [0.05, 0.1) is 11.4 Å². The largest absolute Gasteiger partial charge is 0.397 e. The van der Waals surface area contributed by atoms with E-state index >= 15 is 0 Å². The Morgan fingerprint density at radius 2 is 2.18 bits per heavy atom. The van der Waals surface area contributed by atoms with Crippen LogP contribution < -0.4 is 11.1 Å². The average Bonchev–Trinajstić information content (AvgIpc) is 3.09. The first-order valence-corrected chi connectivity index (χ1v) is 6.07. The first kappa shape index (κ1) is 12.2. The number of hydrogen-bond donors (Lipinski definition) is 2. The van der Waals surface area contributed by atoms with Crippen LogP contribution in [0.15, 0.2) is 12.1 Å². The number of rotatable bonds is 5. The van der Waals surface area contributed by atoms with E-state index in [1.54, 1.807) is 13.0 Å². The summed E-state index contributed by atoms with van der Waals surface area (Å²) in [6, 6.07) is 3.91. The van der Waals surface area contributed by atoms with E-state index in [0.717, 1.165) is 24.8 Å². The molecule has 0 atom stereocenters. The van der Waals surface area contributed by atoms with Gasteiger partial charge in [0.15, 0.2) is 0 Å². The van der Waals surface area contributed by atoms with Gasteiger partial charge in [0.2, 0.25) is 0 Å². The summed E-state index contributed by atoms with van der Waals surface area (Å²) in [6.07, 6.45) is 2.63. The Morgan fingerprint density at radius 1 is 1.47 bits per heavy atom. The lowest BCUT2D eigenvalue weighted by Crippen LogP contribution is -2.27. The Labute approximate surface area is 102 Å². The lowest BCUT2D eigenvalue weighted by molar-refractivity contribution is 0.337. The molecule has 1 aromatic rings. The van der Waals surface area contributed by atoms with Crippen molar-refractivity contribution in [3.05, 3.63) is 23.5 Å². The Balaban J connectivity index is 1.87. The molecule has 4 heteroatoms. The lowest BCUT2D eigenvalue weighted by Gasteiger charge is -2.17. The number of nitrogen functional groups attached to an aromatic ring is 1. The van der Waals surface area contributed by atoms with Crippen LogP contribution in [0.4, 0.5) is 15.8 Å². The third kappa shape index (κ3) is 3.09. The van der Waals surface area contributed by atoms with Gasteiger partial charge in [-0.15, -0.1) is 0 Å². The molecule has 17 heavy (non-hydrogen) atoms. The molecule has 0 amide bonds. The highest BCUT2D eigenvalue weighted by Gasteiger charge is 2.25. The maximum atomic E-state index is 13.2. The molecule has 0 bridgehead atoms. The molecule has 0 radical (unpaired) electrons. The number of aryl methyl sites for hydroxylation is 1. The van der Waals surface area contributed by atoms with Crippen LogP contribution in [0.25, 0.3) is 0 Å². The van der Waals surface area contributed by atoms with E-state index < -0.39 is 0 Å². The highest BCUT2D eigenvalue weighted by atomic mass is 19.1. The molecule has 94 valence electrons. The van der Waals surface area contributed by atoms with Crippen molar-refractivity contribution in [3.63, 3.8) is 0 Å². The topological polar surface area (TPSA) is 41.3 Å². The van der Waals surface area contributed by atoms with Crippen LogP contribution in [-0.4, -0.2) is 31.1 Å². The van der Waals surface area contributed by atoms with E-state index in [4.69, 9.17) is 5.73 Å². The summed E-state index contributed by atoms with van der Waals surface area (Å²) in [6.45, 7) is 3.57. The molecule has 0 unspecified atom stereocenters. The molecule has 3 nitrogen and oxygen atoms in total. The Kier molecular flexibility index (Phi) is 3.52. The second-order valence-corrected chi connectivity index (χ2v) is 4.83. The van der Waals surface area contributed by atoms with Crippen LogP contribution in [-0.2, 0) is 0 Å². The van der Waals surface area contributed by atoms with Gasteiger partial charge in [-0.05, 0) is 44.5 Å². The van der Waals surface area contributed by atoms with Crippen LogP contribution in [0.5, 0.6) is 0 Å². The molecule has 1 aliphatic rings. The van der Waals surface area contributed by atoms with E-state index in [0.29, 0.717) is 11.3 Å². The van der Waals surface area contributed by atoms with Gasteiger partial charge in [-0.2, -0.15) is 0 Å². The molecule has 0 saturated heterocycles. The third-order valence-corrected chi connectivity index (χ3v) is 3.28. The molecule has 0 aromatic heterocycles. The number of likely N-dealkylation sites (N-methyl/N-ethyl adjacent to an activating group) is 1. The van der Waals surface area contributed by atoms with Crippen molar-refractivity contribution in [3.8, 4) is 0 Å². The highest BCUT2D eigenvalue weighted by molar-refractivity contribution is 5.67. The van der Waals surface area contributed by atoms with E-state index in [-0.39, 0.29) is 5.82 Å². The number of halogens is 1. The van der Waals surface area contributed by atoms with E-state index in [9.17, 15) is 4.39 Å². The fourth-order valence-electron chi connectivity index (χ4n) is 1.91. The van der Waals surface area contributed by atoms with Crippen molar-refractivity contribution < 1.29 is 4.39 Å². The van der Waals surface area contributed by atoms with Gasteiger partial charge < -0.3 is 16.0 Å². The molecule has 2 rings (SSSR count). The van der Waals surface area contributed by atoms with Gasteiger partial charge in [0, 0.05) is 19.1 Å². The number of benzene rings is 1. The fraction of sp³-hybridized carbons (Fsp3) is 0.538. The minimum atomic E-state index is -0.247. The highest BCUT2D eigenvalue weighted by Crippen LogP contribution is 2.25. The summed E-state index contributed by atoms with van der Waals surface area (Å²) in [5.74, 6) is -0.247. The minimum Gasteiger partial charge on any atom is -0.397 e.